The van der Waals surface area contributed by atoms with Crippen LogP contribution in [0.15, 0.2) is 60.7 Å². The van der Waals surface area contributed by atoms with E-state index in [0.717, 1.165) is 45.2 Å². The lowest BCUT2D eigenvalue weighted by Gasteiger charge is -2.45. The molecule has 1 aliphatic rings. The van der Waals surface area contributed by atoms with Crippen molar-refractivity contribution in [2.45, 2.75) is 63.6 Å². The summed E-state index contributed by atoms with van der Waals surface area (Å²) < 4.78 is 0. The fourth-order valence-corrected chi connectivity index (χ4v) is 4.17. The molecule has 0 amide bonds. The van der Waals surface area contributed by atoms with Crippen molar-refractivity contribution < 1.29 is 10.0 Å². The van der Waals surface area contributed by atoms with Gasteiger partial charge in [0.15, 0.2) is 0 Å². The van der Waals surface area contributed by atoms with Gasteiger partial charge in [0.05, 0.1) is 0 Å². The number of nitrogens with two attached hydrogens (primary N) is 1. The van der Waals surface area contributed by atoms with Crippen LogP contribution in [0.25, 0.3) is 0 Å². The number of hydrogen-bond acceptors (Lipinski definition) is 4. The van der Waals surface area contributed by atoms with Gasteiger partial charge in [-0.15, -0.1) is 0 Å². The van der Waals surface area contributed by atoms with Gasteiger partial charge >= 0.3 is 7.12 Å². The van der Waals surface area contributed by atoms with Gasteiger partial charge in [-0.2, -0.15) is 0 Å². The SMILES string of the molecule is NC(CCCCB(O)O)[C@H]1C[C@@H](N(Cc2ccccc2)Cc2ccccc2)C1. The number of unbranched alkanes of at least 4 members (excludes halogenated alkanes) is 1. The van der Waals surface area contributed by atoms with E-state index in [0.29, 0.717) is 18.3 Å². The second kappa shape index (κ2) is 10.8. The smallest absolute Gasteiger partial charge is 0.427 e. The summed E-state index contributed by atoms with van der Waals surface area (Å²) in [5.74, 6) is 0.582. The molecule has 28 heavy (non-hydrogen) atoms. The van der Waals surface area contributed by atoms with E-state index >= 15 is 0 Å². The van der Waals surface area contributed by atoms with E-state index < -0.39 is 7.12 Å². The van der Waals surface area contributed by atoms with E-state index in [1.165, 1.54) is 11.1 Å². The number of benzene rings is 2. The summed E-state index contributed by atoms with van der Waals surface area (Å²) in [4.78, 5) is 2.59. The molecule has 4 N–H and O–H groups in total. The van der Waals surface area contributed by atoms with Crippen molar-refractivity contribution in [2.24, 2.45) is 11.7 Å². The van der Waals surface area contributed by atoms with Gasteiger partial charge < -0.3 is 15.8 Å². The highest BCUT2D eigenvalue weighted by atomic mass is 16.4. The minimum atomic E-state index is -1.19. The predicted octanol–water partition coefficient (Wildman–Crippen LogP) is 3.44. The number of rotatable bonds is 11. The lowest BCUT2D eigenvalue weighted by molar-refractivity contribution is 0.0513. The first-order valence-electron chi connectivity index (χ1n) is 10.6. The lowest BCUT2D eigenvalue weighted by Crippen LogP contribution is -2.49. The summed E-state index contributed by atoms with van der Waals surface area (Å²) in [5, 5.41) is 17.9. The van der Waals surface area contributed by atoms with Crippen molar-refractivity contribution in [3.05, 3.63) is 71.8 Å². The average molecular weight is 380 g/mol. The summed E-state index contributed by atoms with van der Waals surface area (Å²) in [7, 11) is -1.19. The molecule has 1 unspecified atom stereocenters. The molecule has 4 nitrogen and oxygen atoms in total. The van der Waals surface area contributed by atoms with Gasteiger partial charge in [-0.25, -0.2) is 0 Å². The van der Waals surface area contributed by atoms with Crippen LogP contribution in [-0.4, -0.2) is 34.2 Å². The van der Waals surface area contributed by atoms with Crippen LogP contribution in [0, 0.1) is 5.92 Å². The zero-order chi connectivity index (χ0) is 19.8. The molecule has 0 bridgehead atoms. The number of nitrogens with zero attached hydrogens (tertiary/aromatic N) is 1. The van der Waals surface area contributed by atoms with Crippen LogP contribution in [-0.2, 0) is 13.1 Å². The Hall–Kier alpha value is -1.66. The maximum atomic E-state index is 8.94. The molecular formula is C23H33BN2O2. The third-order valence-corrected chi connectivity index (χ3v) is 5.98. The second-order valence-electron chi connectivity index (χ2n) is 8.19. The van der Waals surface area contributed by atoms with Crippen LogP contribution in [0.2, 0.25) is 6.32 Å². The maximum absolute atomic E-state index is 8.94. The molecule has 5 heteroatoms. The van der Waals surface area contributed by atoms with Crippen molar-refractivity contribution in [3.8, 4) is 0 Å². The molecule has 0 saturated heterocycles. The quantitative estimate of drug-likeness (QED) is 0.413. The van der Waals surface area contributed by atoms with E-state index in [1.807, 2.05) is 0 Å². The topological polar surface area (TPSA) is 69.7 Å². The minimum absolute atomic E-state index is 0.224. The van der Waals surface area contributed by atoms with Gasteiger partial charge in [0, 0.05) is 25.2 Å². The fourth-order valence-electron chi connectivity index (χ4n) is 4.17. The fraction of sp³-hybridized carbons (Fsp3) is 0.478. The zero-order valence-corrected chi connectivity index (χ0v) is 16.7. The molecule has 0 heterocycles. The Morgan fingerprint density at radius 1 is 0.893 bits per heavy atom. The van der Waals surface area contributed by atoms with Crippen LogP contribution >= 0.6 is 0 Å². The highest BCUT2D eigenvalue weighted by Crippen LogP contribution is 2.36. The van der Waals surface area contributed by atoms with E-state index in [1.54, 1.807) is 0 Å². The Labute approximate surface area is 169 Å². The summed E-state index contributed by atoms with van der Waals surface area (Å²) in [5.41, 5.74) is 9.13. The van der Waals surface area contributed by atoms with Crippen LogP contribution in [0.3, 0.4) is 0 Å². The standard InChI is InChI=1S/C23H33BN2O2/c25-23(13-7-8-14-24(27)28)21-15-22(16-21)26(17-19-9-3-1-4-10-19)18-20-11-5-2-6-12-20/h1-6,9-12,21-23,27-28H,7-8,13-18,25H2/t21-,22+,23?. The van der Waals surface area contributed by atoms with Gasteiger partial charge in [-0.05, 0) is 42.6 Å². The Morgan fingerprint density at radius 3 is 1.93 bits per heavy atom. The molecular weight excluding hydrogens is 347 g/mol. The van der Waals surface area contributed by atoms with Crippen LogP contribution in [0.4, 0.5) is 0 Å². The monoisotopic (exact) mass is 380 g/mol. The first-order valence-corrected chi connectivity index (χ1v) is 10.6. The first kappa shape index (κ1) is 21.1. The van der Waals surface area contributed by atoms with Gasteiger partial charge in [0.25, 0.3) is 0 Å². The van der Waals surface area contributed by atoms with Crippen LogP contribution in [0.5, 0.6) is 0 Å². The molecule has 2 aromatic carbocycles. The Kier molecular flexibility index (Phi) is 8.10. The maximum Gasteiger partial charge on any atom is 0.451 e. The van der Waals surface area contributed by atoms with Gasteiger partial charge in [0.1, 0.15) is 0 Å². The van der Waals surface area contributed by atoms with Crippen molar-refractivity contribution >= 4 is 7.12 Å². The van der Waals surface area contributed by atoms with E-state index in [-0.39, 0.29) is 6.04 Å². The Morgan fingerprint density at radius 2 is 1.43 bits per heavy atom. The number of hydrogen-bond donors (Lipinski definition) is 3. The second-order valence-corrected chi connectivity index (χ2v) is 8.19. The van der Waals surface area contributed by atoms with E-state index in [4.69, 9.17) is 15.8 Å². The van der Waals surface area contributed by atoms with Gasteiger partial charge in [0.2, 0.25) is 0 Å². The molecule has 0 radical (unpaired) electrons. The molecule has 1 atom stereocenters. The zero-order valence-electron chi connectivity index (χ0n) is 16.7. The molecule has 1 aliphatic carbocycles. The van der Waals surface area contributed by atoms with Crippen molar-refractivity contribution in [1.29, 1.82) is 0 Å². The molecule has 0 aliphatic heterocycles. The lowest BCUT2D eigenvalue weighted by atomic mass is 9.73. The van der Waals surface area contributed by atoms with E-state index in [9.17, 15) is 0 Å². The van der Waals surface area contributed by atoms with Crippen LogP contribution < -0.4 is 5.73 Å². The van der Waals surface area contributed by atoms with E-state index in [2.05, 4.69) is 65.6 Å². The molecule has 0 aromatic heterocycles. The predicted molar refractivity (Wildman–Crippen MR) is 115 cm³/mol. The van der Waals surface area contributed by atoms with Gasteiger partial charge in [-0.3, -0.25) is 4.90 Å². The average Bonchev–Trinajstić information content (AvgIpc) is 2.65. The Balaban J connectivity index is 1.52. The molecule has 2 aromatic rings. The van der Waals surface area contributed by atoms with Crippen molar-refractivity contribution in [1.82, 2.24) is 4.90 Å². The first-order chi connectivity index (χ1) is 13.6. The summed E-state index contributed by atoms with van der Waals surface area (Å²) >= 11 is 0. The van der Waals surface area contributed by atoms with Crippen LogP contribution in [0.1, 0.15) is 43.2 Å². The third-order valence-electron chi connectivity index (χ3n) is 5.98. The highest BCUT2D eigenvalue weighted by Gasteiger charge is 2.36. The molecule has 0 spiro atoms. The van der Waals surface area contributed by atoms with Crippen molar-refractivity contribution in [3.63, 3.8) is 0 Å². The summed E-state index contributed by atoms with van der Waals surface area (Å²) in [6.07, 6.45) is 5.53. The largest absolute Gasteiger partial charge is 0.451 e. The normalized spacial score (nSPS) is 20.0. The highest BCUT2D eigenvalue weighted by molar-refractivity contribution is 6.40. The minimum Gasteiger partial charge on any atom is -0.427 e. The molecule has 150 valence electrons. The molecule has 1 fully saturated rings. The summed E-state index contributed by atoms with van der Waals surface area (Å²) in [6, 6.07) is 22.2. The third kappa shape index (κ3) is 6.45. The molecule has 1 saturated carbocycles. The summed E-state index contributed by atoms with van der Waals surface area (Å²) in [6.45, 7) is 1.94. The molecule has 3 rings (SSSR count). The van der Waals surface area contributed by atoms with Gasteiger partial charge in [-0.1, -0.05) is 73.5 Å². The Bertz CT molecular complexity index is 636. The van der Waals surface area contributed by atoms with Crippen molar-refractivity contribution in [2.75, 3.05) is 0 Å².